The highest BCUT2D eigenvalue weighted by molar-refractivity contribution is 7.84. The van der Waals surface area contributed by atoms with Crippen LogP contribution in [-0.4, -0.2) is 6.61 Å². The molecule has 122 valence electrons. The van der Waals surface area contributed by atoms with Gasteiger partial charge >= 0.3 is 0 Å². The van der Waals surface area contributed by atoms with Crippen molar-refractivity contribution in [2.45, 2.75) is 54.9 Å². The van der Waals surface area contributed by atoms with Gasteiger partial charge in [-0.25, -0.2) is 0 Å². The minimum atomic E-state index is 0.593. The third-order valence-corrected chi connectivity index (χ3v) is 2.23. The summed E-state index contributed by atoms with van der Waals surface area (Å²) >= 11 is 4.28. The first-order valence-electron chi connectivity index (χ1n) is 7.78. The van der Waals surface area contributed by atoms with E-state index in [0.29, 0.717) is 6.61 Å². The largest absolute Gasteiger partial charge is 0.494 e. The van der Waals surface area contributed by atoms with Crippen molar-refractivity contribution < 1.29 is 4.74 Å². The molecule has 0 aromatic rings. The number of hydrogen-bond donors (Lipinski definition) is 1. The van der Waals surface area contributed by atoms with Crippen LogP contribution in [0, 0.1) is 0 Å². The topological polar surface area (TPSA) is 9.23 Å². The van der Waals surface area contributed by atoms with E-state index in [4.69, 9.17) is 4.74 Å². The molecule has 0 aliphatic rings. The molecular formula is C19H34OS. The van der Waals surface area contributed by atoms with Crippen LogP contribution in [0.5, 0.6) is 0 Å². The number of rotatable bonds is 7. The van der Waals surface area contributed by atoms with Gasteiger partial charge < -0.3 is 4.74 Å². The Morgan fingerprint density at radius 2 is 1.76 bits per heavy atom. The number of thiol groups is 1. The van der Waals surface area contributed by atoms with E-state index in [-0.39, 0.29) is 0 Å². The summed E-state index contributed by atoms with van der Waals surface area (Å²) in [4.78, 5) is 0.838. The van der Waals surface area contributed by atoms with E-state index in [1.807, 2.05) is 59.8 Å². The number of allylic oxidation sites excluding steroid dienone is 6. The second-order valence-electron chi connectivity index (χ2n) is 3.56. The third kappa shape index (κ3) is 18.9. The molecule has 0 atom stereocenters. The summed E-state index contributed by atoms with van der Waals surface area (Å²) in [5.74, 6) is 0.847. The minimum absolute atomic E-state index is 0.593. The number of hydrogen-bond acceptors (Lipinski definition) is 2. The van der Waals surface area contributed by atoms with Gasteiger partial charge in [-0.3, -0.25) is 0 Å². The van der Waals surface area contributed by atoms with Crippen molar-refractivity contribution in [2.24, 2.45) is 0 Å². The van der Waals surface area contributed by atoms with Crippen molar-refractivity contribution >= 4 is 12.6 Å². The lowest BCUT2D eigenvalue weighted by molar-refractivity contribution is 0.244. The monoisotopic (exact) mass is 310 g/mol. The smallest absolute Gasteiger partial charge is 0.112 e. The summed E-state index contributed by atoms with van der Waals surface area (Å²) in [6.07, 6.45) is 12.7. The van der Waals surface area contributed by atoms with Gasteiger partial charge in [-0.15, -0.1) is 12.6 Å². The van der Waals surface area contributed by atoms with E-state index in [1.165, 1.54) is 5.57 Å². The van der Waals surface area contributed by atoms with Gasteiger partial charge in [-0.05, 0) is 38.0 Å². The van der Waals surface area contributed by atoms with Gasteiger partial charge in [0.15, 0.2) is 0 Å². The summed E-state index contributed by atoms with van der Waals surface area (Å²) < 4.78 is 5.64. The standard InChI is InChI=1S/C15H22OS.2C2H6/c1-5-8-14(9-6-2)12-16-13(4)11-15(17)10-7-3;2*1-2/h5,7-11,17H,3,6,12H2,1-2,4H3;2*1-2H3/b8-5-,13-11+,14-9+,15-10+;;. The van der Waals surface area contributed by atoms with Crippen LogP contribution in [-0.2, 0) is 4.74 Å². The highest BCUT2D eigenvalue weighted by Gasteiger charge is 1.95. The van der Waals surface area contributed by atoms with Gasteiger partial charge in [0.05, 0.1) is 5.76 Å². The Bertz CT molecular complexity index is 347. The summed E-state index contributed by atoms with van der Waals surface area (Å²) in [7, 11) is 0. The van der Waals surface area contributed by atoms with E-state index in [9.17, 15) is 0 Å². The van der Waals surface area contributed by atoms with Crippen LogP contribution in [0.25, 0.3) is 0 Å². The molecule has 0 N–H and O–H groups in total. The van der Waals surface area contributed by atoms with Crippen molar-refractivity contribution in [3.05, 3.63) is 59.3 Å². The molecule has 0 bridgehead atoms. The molecule has 0 amide bonds. The molecule has 0 unspecified atom stereocenters. The average Bonchev–Trinajstić information content (AvgIpc) is 2.49. The zero-order valence-electron chi connectivity index (χ0n) is 14.9. The zero-order valence-corrected chi connectivity index (χ0v) is 15.8. The second-order valence-corrected chi connectivity index (χ2v) is 4.07. The Morgan fingerprint density at radius 3 is 2.19 bits per heavy atom. The van der Waals surface area contributed by atoms with Gasteiger partial charge in [0, 0.05) is 4.91 Å². The maximum atomic E-state index is 5.64. The van der Waals surface area contributed by atoms with Crippen molar-refractivity contribution in [1.82, 2.24) is 0 Å². The summed E-state index contributed by atoms with van der Waals surface area (Å²) in [6.45, 7) is 18.3. The van der Waals surface area contributed by atoms with Gasteiger partial charge in [-0.2, -0.15) is 0 Å². The maximum absolute atomic E-state index is 5.64. The molecule has 0 radical (unpaired) electrons. The van der Waals surface area contributed by atoms with Crippen LogP contribution in [0.2, 0.25) is 0 Å². The predicted octanol–water partition coefficient (Wildman–Crippen LogP) is 6.87. The predicted molar refractivity (Wildman–Crippen MR) is 103 cm³/mol. The molecule has 0 spiro atoms. The van der Waals surface area contributed by atoms with Crippen LogP contribution in [0.3, 0.4) is 0 Å². The lowest BCUT2D eigenvalue weighted by atomic mass is 10.2. The molecule has 0 saturated carbocycles. The molecule has 0 aliphatic heterocycles. The SMILES string of the molecule is C=C/C=C(S)\C=C(/C)OCC(/C=C\C)=C/CC.CC.CC. The molecule has 21 heavy (non-hydrogen) atoms. The van der Waals surface area contributed by atoms with E-state index in [0.717, 1.165) is 17.1 Å². The third-order valence-electron chi connectivity index (χ3n) is 1.95. The molecule has 0 aromatic carbocycles. The van der Waals surface area contributed by atoms with Crippen LogP contribution in [0.1, 0.15) is 54.9 Å². The zero-order chi connectivity index (χ0) is 17.1. The molecule has 0 fully saturated rings. The Balaban J connectivity index is -0.000000739. The van der Waals surface area contributed by atoms with Crippen molar-refractivity contribution in [1.29, 1.82) is 0 Å². The normalized spacial score (nSPS) is 12.1. The summed E-state index contributed by atoms with van der Waals surface area (Å²) in [6, 6.07) is 0. The van der Waals surface area contributed by atoms with Crippen molar-refractivity contribution in [2.75, 3.05) is 6.61 Å². The van der Waals surface area contributed by atoms with Crippen LogP contribution >= 0.6 is 12.6 Å². The van der Waals surface area contributed by atoms with Crippen molar-refractivity contribution in [3.8, 4) is 0 Å². The first-order valence-corrected chi connectivity index (χ1v) is 8.23. The minimum Gasteiger partial charge on any atom is -0.494 e. The van der Waals surface area contributed by atoms with Gasteiger partial charge in [-0.1, -0.05) is 65.5 Å². The Labute approximate surface area is 138 Å². The fourth-order valence-electron chi connectivity index (χ4n) is 1.27. The van der Waals surface area contributed by atoms with E-state index in [1.54, 1.807) is 6.08 Å². The Kier molecular flexibility index (Phi) is 25.0. The Morgan fingerprint density at radius 1 is 1.19 bits per heavy atom. The molecule has 2 heteroatoms. The van der Waals surface area contributed by atoms with Gasteiger partial charge in [0.2, 0.25) is 0 Å². The first-order chi connectivity index (χ1) is 10.1. The lowest BCUT2D eigenvalue weighted by Gasteiger charge is -2.07. The van der Waals surface area contributed by atoms with Crippen LogP contribution < -0.4 is 0 Å². The molecule has 0 saturated heterocycles. The van der Waals surface area contributed by atoms with Gasteiger partial charge in [0.25, 0.3) is 0 Å². The molecule has 0 aliphatic carbocycles. The fourth-order valence-corrected chi connectivity index (χ4v) is 1.55. The molecule has 0 heterocycles. The Hall–Kier alpha value is -1.15. The maximum Gasteiger partial charge on any atom is 0.112 e. The van der Waals surface area contributed by atoms with Crippen molar-refractivity contribution in [3.63, 3.8) is 0 Å². The van der Waals surface area contributed by atoms with Crippen LogP contribution in [0.4, 0.5) is 0 Å². The number of ether oxygens (including phenoxy) is 1. The van der Waals surface area contributed by atoms with E-state index < -0.39 is 0 Å². The van der Waals surface area contributed by atoms with Gasteiger partial charge in [0.1, 0.15) is 6.61 Å². The second kappa shape index (κ2) is 21.2. The lowest BCUT2D eigenvalue weighted by Crippen LogP contribution is -1.95. The highest BCUT2D eigenvalue weighted by Crippen LogP contribution is 2.10. The first kappa shape index (κ1) is 24.8. The molecule has 1 nitrogen and oxygen atoms in total. The summed E-state index contributed by atoms with van der Waals surface area (Å²) in [5.41, 5.74) is 1.19. The van der Waals surface area contributed by atoms with Crippen LogP contribution in [0.15, 0.2) is 59.3 Å². The quantitative estimate of drug-likeness (QED) is 0.306. The molecule has 0 aromatic heterocycles. The molecular weight excluding hydrogens is 276 g/mol. The fraction of sp³-hybridized carbons (Fsp3) is 0.474. The molecule has 0 rings (SSSR count). The van der Waals surface area contributed by atoms with E-state index >= 15 is 0 Å². The highest BCUT2D eigenvalue weighted by atomic mass is 32.1. The van der Waals surface area contributed by atoms with E-state index in [2.05, 4.69) is 38.3 Å². The summed E-state index contributed by atoms with van der Waals surface area (Å²) in [5, 5.41) is 0. The average molecular weight is 311 g/mol.